The van der Waals surface area contributed by atoms with Crippen LogP contribution in [0, 0.1) is 6.92 Å². The summed E-state index contributed by atoms with van der Waals surface area (Å²) in [6.07, 6.45) is -0.0985. The van der Waals surface area contributed by atoms with E-state index >= 15 is 0 Å². The summed E-state index contributed by atoms with van der Waals surface area (Å²) in [5.41, 5.74) is 6.74. The van der Waals surface area contributed by atoms with Gasteiger partial charge in [0, 0.05) is 5.92 Å². The quantitative estimate of drug-likeness (QED) is 0.754. The summed E-state index contributed by atoms with van der Waals surface area (Å²) in [6, 6.07) is 3.40. The number of aromatic hydroxyl groups is 1. The van der Waals surface area contributed by atoms with Crippen LogP contribution in [0.3, 0.4) is 0 Å². The van der Waals surface area contributed by atoms with Crippen molar-refractivity contribution < 1.29 is 15.0 Å². The summed E-state index contributed by atoms with van der Waals surface area (Å²) < 4.78 is 0. The van der Waals surface area contributed by atoms with Crippen LogP contribution in [-0.4, -0.2) is 22.7 Å². The van der Waals surface area contributed by atoms with Gasteiger partial charge in [0.1, 0.15) is 5.75 Å². The Hall–Kier alpha value is -1.26. The van der Waals surface area contributed by atoms with Gasteiger partial charge in [-0.1, -0.05) is 23.7 Å². The van der Waals surface area contributed by atoms with Gasteiger partial charge in [-0.15, -0.1) is 0 Å². The Morgan fingerprint density at radius 3 is 2.69 bits per heavy atom. The van der Waals surface area contributed by atoms with Crippen molar-refractivity contribution in [1.29, 1.82) is 0 Å². The van der Waals surface area contributed by atoms with Crippen molar-refractivity contribution in [3.63, 3.8) is 0 Å². The third kappa shape index (κ3) is 2.65. The van der Waals surface area contributed by atoms with E-state index in [2.05, 4.69) is 0 Å². The van der Waals surface area contributed by atoms with Crippen LogP contribution in [0.15, 0.2) is 12.1 Å². The minimum absolute atomic E-state index is 0.0111. The lowest BCUT2D eigenvalue weighted by Crippen LogP contribution is -2.16. The molecule has 0 aliphatic rings. The second kappa shape index (κ2) is 5.18. The SMILES string of the molecule is Cc1ccc(C(CN)CC(=O)O)c(Cl)c1O. The Morgan fingerprint density at radius 1 is 1.56 bits per heavy atom. The number of phenolic OH excluding ortho intramolecular Hbond substituents is 1. The van der Waals surface area contributed by atoms with Gasteiger partial charge >= 0.3 is 5.97 Å². The van der Waals surface area contributed by atoms with Gasteiger partial charge in [0.2, 0.25) is 0 Å². The minimum Gasteiger partial charge on any atom is -0.506 e. The molecule has 0 spiro atoms. The third-order valence-corrected chi connectivity index (χ3v) is 2.89. The highest BCUT2D eigenvalue weighted by Crippen LogP contribution is 2.35. The van der Waals surface area contributed by atoms with E-state index in [0.29, 0.717) is 11.1 Å². The van der Waals surface area contributed by atoms with Crippen molar-refractivity contribution in [2.24, 2.45) is 5.73 Å². The molecule has 0 fully saturated rings. The fourth-order valence-corrected chi connectivity index (χ4v) is 1.89. The molecule has 1 rings (SSSR count). The fourth-order valence-electron chi connectivity index (χ4n) is 1.52. The predicted octanol–water partition coefficient (Wildman–Crippen LogP) is 1.87. The zero-order valence-electron chi connectivity index (χ0n) is 8.90. The summed E-state index contributed by atoms with van der Waals surface area (Å²) in [7, 11) is 0. The van der Waals surface area contributed by atoms with Gasteiger partial charge in [-0.3, -0.25) is 4.79 Å². The smallest absolute Gasteiger partial charge is 0.304 e. The molecule has 0 saturated carbocycles. The molecule has 0 saturated heterocycles. The molecule has 0 aliphatic heterocycles. The van der Waals surface area contributed by atoms with Gasteiger partial charge in [-0.05, 0) is 24.6 Å². The van der Waals surface area contributed by atoms with Crippen LogP contribution < -0.4 is 5.73 Å². The van der Waals surface area contributed by atoms with Crippen molar-refractivity contribution in [2.45, 2.75) is 19.3 Å². The van der Waals surface area contributed by atoms with E-state index in [4.69, 9.17) is 22.4 Å². The molecular formula is C11H14ClNO3. The predicted molar refractivity (Wildman–Crippen MR) is 61.9 cm³/mol. The van der Waals surface area contributed by atoms with Crippen molar-refractivity contribution >= 4 is 17.6 Å². The van der Waals surface area contributed by atoms with Crippen LogP contribution >= 0.6 is 11.6 Å². The average Bonchev–Trinajstić information content (AvgIpc) is 2.23. The number of aliphatic carboxylic acids is 1. The van der Waals surface area contributed by atoms with Crippen LogP contribution in [-0.2, 0) is 4.79 Å². The molecule has 5 heteroatoms. The molecule has 0 heterocycles. The number of carboxylic acid groups (broad SMARTS) is 1. The molecule has 1 aromatic rings. The van der Waals surface area contributed by atoms with Gasteiger partial charge in [0.25, 0.3) is 0 Å². The van der Waals surface area contributed by atoms with Gasteiger partial charge in [-0.25, -0.2) is 0 Å². The highest BCUT2D eigenvalue weighted by molar-refractivity contribution is 6.33. The molecule has 1 aromatic carbocycles. The molecule has 0 aliphatic carbocycles. The molecular weight excluding hydrogens is 230 g/mol. The molecule has 0 aromatic heterocycles. The lowest BCUT2D eigenvalue weighted by molar-refractivity contribution is -0.137. The van der Waals surface area contributed by atoms with Gasteiger partial charge in [0.05, 0.1) is 11.4 Å². The highest BCUT2D eigenvalue weighted by Gasteiger charge is 2.19. The molecule has 1 atom stereocenters. The van der Waals surface area contributed by atoms with E-state index in [9.17, 15) is 9.90 Å². The second-order valence-electron chi connectivity index (χ2n) is 3.66. The third-order valence-electron chi connectivity index (χ3n) is 2.49. The van der Waals surface area contributed by atoms with E-state index in [1.54, 1.807) is 19.1 Å². The lowest BCUT2D eigenvalue weighted by atomic mass is 9.94. The minimum atomic E-state index is -0.938. The van der Waals surface area contributed by atoms with Crippen molar-refractivity contribution in [3.8, 4) is 5.75 Å². The first-order valence-corrected chi connectivity index (χ1v) is 5.25. The van der Waals surface area contributed by atoms with E-state index in [-0.39, 0.29) is 29.7 Å². The Balaban J connectivity index is 3.11. The maximum Gasteiger partial charge on any atom is 0.304 e. The Kier molecular flexibility index (Phi) is 4.15. The summed E-state index contributed by atoms with van der Waals surface area (Å²) in [5.74, 6) is -1.33. The Bertz CT molecular complexity index is 406. The number of benzene rings is 1. The van der Waals surface area contributed by atoms with E-state index in [0.717, 1.165) is 0 Å². The van der Waals surface area contributed by atoms with Crippen LogP contribution in [0.1, 0.15) is 23.5 Å². The van der Waals surface area contributed by atoms with Crippen LogP contribution in [0.5, 0.6) is 5.75 Å². The van der Waals surface area contributed by atoms with Crippen LogP contribution in [0.4, 0.5) is 0 Å². The second-order valence-corrected chi connectivity index (χ2v) is 4.04. The number of rotatable bonds is 4. The maximum absolute atomic E-state index is 10.6. The number of halogens is 1. The molecule has 0 bridgehead atoms. The number of nitrogens with two attached hydrogens (primary N) is 1. The lowest BCUT2D eigenvalue weighted by Gasteiger charge is -2.16. The van der Waals surface area contributed by atoms with E-state index < -0.39 is 5.97 Å². The summed E-state index contributed by atoms with van der Waals surface area (Å²) >= 11 is 5.96. The van der Waals surface area contributed by atoms with E-state index in [1.165, 1.54) is 0 Å². The number of aryl methyl sites for hydroxylation is 1. The van der Waals surface area contributed by atoms with Crippen LogP contribution in [0.25, 0.3) is 0 Å². The number of hydrogen-bond donors (Lipinski definition) is 3. The number of hydrogen-bond acceptors (Lipinski definition) is 3. The average molecular weight is 244 g/mol. The topological polar surface area (TPSA) is 83.6 Å². The largest absolute Gasteiger partial charge is 0.506 e. The van der Waals surface area contributed by atoms with Gasteiger partial charge in [0.15, 0.2) is 0 Å². The van der Waals surface area contributed by atoms with Crippen molar-refractivity contribution in [3.05, 3.63) is 28.3 Å². The molecule has 4 nitrogen and oxygen atoms in total. The highest BCUT2D eigenvalue weighted by atomic mass is 35.5. The number of carboxylic acids is 1. The molecule has 1 unspecified atom stereocenters. The summed E-state index contributed by atoms with van der Waals surface area (Å²) in [4.78, 5) is 10.6. The van der Waals surface area contributed by atoms with Gasteiger partial charge in [-0.2, -0.15) is 0 Å². The first-order chi connectivity index (χ1) is 7.47. The Labute approximate surface area is 98.6 Å². The molecule has 0 amide bonds. The van der Waals surface area contributed by atoms with Gasteiger partial charge < -0.3 is 15.9 Å². The van der Waals surface area contributed by atoms with E-state index in [1.807, 2.05) is 0 Å². The van der Waals surface area contributed by atoms with Crippen molar-refractivity contribution in [1.82, 2.24) is 0 Å². The monoisotopic (exact) mass is 243 g/mol. The molecule has 16 heavy (non-hydrogen) atoms. The first-order valence-electron chi connectivity index (χ1n) is 4.87. The maximum atomic E-state index is 10.6. The Morgan fingerprint density at radius 2 is 2.19 bits per heavy atom. The van der Waals surface area contributed by atoms with Crippen LogP contribution in [0.2, 0.25) is 5.02 Å². The summed E-state index contributed by atoms with van der Waals surface area (Å²) in [5, 5.41) is 18.6. The fraction of sp³-hybridized carbons (Fsp3) is 0.364. The number of phenols is 1. The first kappa shape index (κ1) is 12.8. The zero-order chi connectivity index (χ0) is 12.3. The molecule has 88 valence electrons. The molecule has 4 N–H and O–H groups in total. The standard InChI is InChI=1S/C11H14ClNO3/c1-6-2-3-8(10(12)11(6)16)7(5-13)4-9(14)15/h2-3,7,16H,4-5,13H2,1H3,(H,14,15). The number of carbonyl (C=O) groups is 1. The molecule has 0 radical (unpaired) electrons. The van der Waals surface area contributed by atoms with Crippen molar-refractivity contribution in [2.75, 3.05) is 6.54 Å². The zero-order valence-corrected chi connectivity index (χ0v) is 9.66. The normalized spacial score (nSPS) is 12.4. The summed E-state index contributed by atoms with van der Waals surface area (Å²) in [6.45, 7) is 1.90.